The summed E-state index contributed by atoms with van der Waals surface area (Å²) in [5, 5.41) is 12.3. The molecule has 0 fully saturated rings. The zero-order valence-corrected chi connectivity index (χ0v) is 9.27. The van der Waals surface area contributed by atoms with Crippen LogP contribution in [-0.2, 0) is 9.53 Å². The maximum Gasteiger partial charge on any atom is 0.355 e. The van der Waals surface area contributed by atoms with Crippen molar-refractivity contribution >= 4 is 5.97 Å². The number of carbonyl (C=O) groups is 1. The van der Waals surface area contributed by atoms with Gasteiger partial charge in [-0.25, -0.2) is 4.79 Å². The predicted octanol–water partition coefficient (Wildman–Crippen LogP) is 1.63. The van der Waals surface area contributed by atoms with Crippen molar-refractivity contribution in [1.29, 1.82) is 0 Å². The van der Waals surface area contributed by atoms with Gasteiger partial charge >= 0.3 is 5.97 Å². The SMILES string of the molecule is O=C1OC(c2ccc(O)cc2)C2=C1NCCC2. The van der Waals surface area contributed by atoms with Crippen molar-refractivity contribution in [2.45, 2.75) is 18.9 Å². The Balaban J connectivity index is 1.97. The fraction of sp³-hybridized carbons (Fsp3) is 0.308. The van der Waals surface area contributed by atoms with Crippen molar-refractivity contribution in [2.24, 2.45) is 0 Å². The number of ether oxygens (including phenoxy) is 1. The summed E-state index contributed by atoms with van der Waals surface area (Å²) in [4.78, 5) is 11.7. The smallest absolute Gasteiger partial charge is 0.355 e. The van der Waals surface area contributed by atoms with E-state index >= 15 is 0 Å². The Hall–Kier alpha value is -1.97. The molecule has 4 nitrogen and oxygen atoms in total. The van der Waals surface area contributed by atoms with E-state index in [0.29, 0.717) is 5.70 Å². The van der Waals surface area contributed by atoms with Gasteiger partial charge in [0.25, 0.3) is 0 Å². The minimum absolute atomic E-state index is 0.217. The number of phenolic OH excluding ortho intramolecular Hbond substituents is 1. The number of phenols is 1. The van der Waals surface area contributed by atoms with Gasteiger partial charge in [0, 0.05) is 12.1 Å². The lowest BCUT2D eigenvalue weighted by Gasteiger charge is -2.17. The fourth-order valence-corrected chi connectivity index (χ4v) is 2.35. The molecule has 0 spiro atoms. The number of hydrogen-bond acceptors (Lipinski definition) is 4. The van der Waals surface area contributed by atoms with Crippen LogP contribution in [0.15, 0.2) is 35.5 Å². The van der Waals surface area contributed by atoms with Crippen LogP contribution in [0.1, 0.15) is 24.5 Å². The Morgan fingerprint density at radius 3 is 2.82 bits per heavy atom. The monoisotopic (exact) mass is 231 g/mol. The molecule has 4 heteroatoms. The normalized spacial score (nSPS) is 23.1. The van der Waals surface area contributed by atoms with Crippen LogP contribution < -0.4 is 5.32 Å². The topological polar surface area (TPSA) is 58.6 Å². The van der Waals surface area contributed by atoms with Crippen LogP contribution in [0.25, 0.3) is 0 Å². The summed E-state index contributed by atoms with van der Waals surface area (Å²) in [6.07, 6.45) is 1.62. The van der Waals surface area contributed by atoms with Crippen LogP contribution in [0, 0.1) is 0 Å². The van der Waals surface area contributed by atoms with E-state index in [1.807, 2.05) is 0 Å². The molecule has 1 aromatic rings. The van der Waals surface area contributed by atoms with Crippen molar-refractivity contribution in [3.8, 4) is 5.75 Å². The van der Waals surface area contributed by atoms with Gasteiger partial charge in [0.1, 0.15) is 11.4 Å². The van der Waals surface area contributed by atoms with E-state index < -0.39 is 0 Å². The summed E-state index contributed by atoms with van der Waals surface area (Å²) in [5.74, 6) is -0.0492. The zero-order chi connectivity index (χ0) is 11.8. The van der Waals surface area contributed by atoms with Crippen molar-refractivity contribution in [1.82, 2.24) is 5.32 Å². The average molecular weight is 231 g/mol. The molecule has 0 aliphatic carbocycles. The third-order valence-corrected chi connectivity index (χ3v) is 3.19. The number of nitrogens with one attached hydrogen (secondary N) is 1. The molecule has 88 valence electrons. The van der Waals surface area contributed by atoms with Crippen molar-refractivity contribution in [3.05, 3.63) is 41.1 Å². The Kier molecular flexibility index (Phi) is 2.28. The van der Waals surface area contributed by atoms with E-state index in [1.165, 1.54) is 0 Å². The van der Waals surface area contributed by atoms with E-state index in [4.69, 9.17) is 4.74 Å². The second-order valence-corrected chi connectivity index (χ2v) is 4.31. The molecule has 0 saturated heterocycles. The van der Waals surface area contributed by atoms with Crippen LogP contribution in [0.3, 0.4) is 0 Å². The van der Waals surface area contributed by atoms with Crippen LogP contribution >= 0.6 is 0 Å². The molecule has 0 radical (unpaired) electrons. The van der Waals surface area contributed by atoms with Gasteiger partial charge in [0.2, 0.25) is 0 Å². The molecule has 0 bridgehead atoms. The van der Waals surface area contributed by atoms with Gasteiger partial charge in [-0.15, -0.1) is 0 Å². The zero-order valence-electron chi connectivity index (χ0n) is 9.27. The molecule has 0 amide bonds. The Morgan fingerprint density at radius 2 is 2.06 bits per heavy atom. The van der Waals surface area contributed by atoms with Gasteiger partial charge in [0.15, 0.2) is 6.10 Å². The lowest BCUT2D eigenvalue weighted by Crippen LogP contribution is -2.23. The van der Waals surface area contributed by atoms with E-state index in [-0.39, 0.29) is 17.8 Å². The first-order valence-corrected chi connectivity index (χ1v) is 5.72. The summed E-state index contributed by atoms with van der Waals surface area (Å²) in [5.41, 5.74) is 2.58. The Bertz CT molecular complexity index is 490. The number of rotatable bonds is 1. The summed E-state index contributed by atoms with van der Waals surface area (Å²) in [6.45, 7) is 0.830. The summed E-state index contributed by atoms with van der Waals surface area (Å²) in [7, 11) is 0. The van der Waals surface area contributed by atoms with Crippen LogP contribution in [0.2, 0.25) is 0 Å². The molecule has 2 N–H and O–H groups in total. The molecule has 17 heavy (non-hydrogen) atoms. The van der Waals surface area contributed by atoms with Gasteiger partial charge in [-0.05, 0) is 30.5 Å². The lowest BCUT2D eigenvalue weighted by molar-refractivity contribution is -0.140. The van der Waals surface area contributed by atoms with Gasteiger partial charge < -0.3 is 15.2 Å². The molecular weight excluding hydrogens is 218 g/mol. The van der Waals surface area contributed by atoms with E-state index in [2.05, 4.69) is 5.32 Å². The third-order valence-electron chi connectivity index (χ3n) is 3.19. The first-order chi connectivity index (χ1) is 8.25. The molecule has 1 aromatic carbocycles. The highest BCUT2D eigenvalue weighted by atomic mass is 16.5. The molecule has 0 aromatic heterocycles. The number of benzene rings is 1. The van der Waals surface area contributed by atoms with Gasteiger partial charge in [-0.3, -0.25) is 0 Å². The van der Waals surface area contributed by atoms with Crippen LogP contribution in [0.5, 0.6) is 5.75 Å². The van der Waals surface area contributed by atoms with Crippen LogP contribution in [-0.4, -0.2) is 17.6 Å². The number of aromatic hydroxyl groups is 1. The van der Waals surface area contributed by atoms with E-state index in [1.54, 1.807) is 24.3 Å². The second kappa shape index (κ2) is 3.80. The maximum absolute atomic E-state index is 11.7. The van der Waals surface area contributed by atoms with Crippen molar-refractivity contribution in [3.63, 3.8) is 0 Å². The van der Waals surface area contributed by atoms with Gasteiger partial charge in [-0.2, -0.15) is 0 Å². The highest BCUT2D eigenvalue weighted by molar-refractivity contribution is 5.92. The first-order valence-electron chi connectivity index (χ1n) is 5.72. The molecule has 1 unspecified atom stereocenters. The molecule has 2 aliphatic rings. The fourth-order valence-electron chi connectivity index (χ4n) is 2.35. The van der Waals surface area contributed by atoms with Gasteiger partial charge in [0.05, 0.1) is 0 Å². The summed E-state index contributed by atoms with van der Waals surface area (Å²) in [6, 6.07) is 6.80. The van der Waals surface area contributed by atoms with Crippen molar-refractivity contribution in [2.75, 3.05) is 6.54 Å². The Labute approximate surface area is 98.9 Å². The van der Waals surface area contributed by atoms with E-state index in [9.17, 15) is 9.90 Å². The standard InChI is InChI=1S/C13H13NO3/c15-9-5-3-8(4-6-9)12-10-2-1-7-14-11(10)13(16)17-12/h3-6,12,14-15H,1-2,7H2. The Morgan fingerprint density at radius 1 is 1.29 bits per heavy atom. The minimum atomic E-state index is -0.286. The minimum Gasteiger partial charge on any atom is -0.508 e. The average Bonchev–Trinajstić information content (AvgIpc) is 2.69. The van der Waals surface area contributed by atoms with Crippen molar-refractivity contribution < 1.29 is 14.6 Å². The first kappa shape index (κ1) is 10.2. The van der Waals surface area contributed by atoms with E-state index in [0.717, 1.165) is 30.5 Å². The maximum atomic E-state index is 11.7. The summed E-state index contributed by atoms with van der Waals surface area (Å²) >= 11 is 0. The molecule has 0 saturated carbocycles. The number of cyclic esters (lactones) is 1. The predicted molar refractivity (Wildman–Crippen MR) is 61.2 cm³/mol. The van der Waals surface area contributed by atoms with Crippen LogP contribution in [0.4, 0.5) is 0 Å². The highest BCUT2D eigenvalue weighted by Crippen LogP contribution is 2.38. The lowest BCUT2D eigenvalue weighted by atomic mass is 9.95. The number of esters is 1. The molecule has 2 aliphatic heterocycles. The van der Waals surface area contributed by atoms with Gasteiger partial charge in [-0.1, -0.05) is 12.1 Å². The quantitative estimate of drug-likeness (QED) is 0.721. The third kappa shape index (κ3) is 1.65. The summed E-state index contributed by atoms with van der Waals surface area (Å²) < 4.78 is 5.38. The largest absolute Gasteiger partial charge is 0.508 e. The molecule has 3 rings (SSSR count). The molecule has 2 heterocycles. The highest BCUT2D eigenvalue weighted by Gasteiger charge is 2.36. The molecular formula is C13H13NO3. The number of carbonyl (C=O) groups excluding carboxylic acids is 1. The number of hydrogen-bond donors (Lipinski definition) is 2. The second-order valence-electron chi connectivity index (χ2n) is 4.31. The molecule has 1 atom stereocenters.